The molecule has 0 aliphatic rings. The van der Waals surface area contributed by atoms with E-state index in [0.717, 1.165) is 46.6 Å². The molecule has 0 saturated heterocycles. The topological polar surface area (TPSA) is 32.5 Å². The normalized spacial score (nSPS) is 12.0. The Morgan fingerprint density at radius 1 is 1.19 bits per heavy atom. The van der Waals surface area contributed by atoms with Gasteiger partial charge in [0.15, 0.2) is 0 Å². The van der Waals surface area contributed by atoms with Gasteiger partial charge in [-0.3, -0.25) is 0 Å². The lowest BCUT2D eigenvalue weighted by atomic mass is 10.1. The molecule has 2 N–H and O–H groups in total. The Bertz CT molecular complexity index is 594. The van der Waals surface area contributed by atoms with Gasteiger partial charge in [-0.2, -0.15) is 0 Å². The van der Waals surface area contributed by atoms with E-state index in [1.807, 2.05) is 6.07 Å². The predicted molar refractivity (Wildman–Crippen MR) is 89.2 cm³/mol. The van der Waals surface area contributed by atoms with Gasteiger partial charge in [-0.25, -0.2) is 4.39 Å². The Kier molecular flexibility index (Phi) is 5.70. The molecule has 0 spiro atoms. The molecule has 0 unspecified atom stereocenters. The third-order valence-corrected chi connectivity index (χ3v) is 4.83. The lowest BCUT2D eigenvalue weighted by Gasteiger charge is -2.18. The fraction of sp³-hybridized carbons (Fsp3) is 0.500. The summed E-state index contributed by atoms with van der Waals surface area (Å²) in [7, 11) is 6.24. The highest BCUT2D eigenvalue weighted by molar-refractivity contribution is 7.19. The van der Waals surface area contributed by atoms with Crippen LogP contribution in [-0.4, -0.2) is 44.0 Å². The first kappa shape index (κ1) is 16.4. The molecule has 0 atom stereocenters. The summed E-state index contributed by atoms with van der Waals surface area (Å²) in [6.07, 6.45) is 1.10. The Hall–Kier alpha value is -1.01. The molecule has 1 aromatic heterocycles. The number of nitrogens with two attached hydrogens (primary N) is 1. The van der Waals surface area contributed by atoms with E-state index in [-0.39, 0.29) is 5.82 Å². The first-order valence-corrected chi connectivity index (χ1v) is 8.06. The monoisotopic (exact) mass is 309 g/mol. The van der Waals surface area contributed by atoms with Crippen LogP contribution in [0, 0.1) is 5.82 Å². The number of thiophene rings is 1. The molecule has 2 rings (SSSR count). The average molecular weight is 309 g/mol. The highest BCUT2D eigenvalue weighted by Crippen LogP contribution is 2.33. The zero-order chi connectivity index (χ0) is 15.4. The van der Waals surface area contributed by atoms with E-state index in [9.17, 15) is 4.39 Å². The van der Waals surface area contributed by atoms with Crippen molar-refractivity contribution in [3.05, 3.63) is 34.5 Å². The van der Waals surface area contributed by atoms with E-state index in [0.29, 0.717) is 6.54 Å². The number of rotatable bonds is 7. The number of benzene rings is 1. The van der Waals surface area contributed by atoms with Gasteiger partial charge in [-0.15, -0.1) is 11.3 Å². The van der Waals surface area contributed by atoms with Crippen LogP contribution in [0.3, 0.4) is 0 Å². The van der Waals surface area contributed by atoms with Crippen molar-refractivity contribution >= 4 is 21.4 Å². The number of nitrogens with zero attached hydrogens (tertiary/aromatic N) is 2. The molecule has 0 saturated carbocycles. The smallest absolute Gasteiger partial charge is 0.132 e. The number of fused-ring (bicyclic) bond motifs is 1. The van der Waals surface area contributed by atoms with E-state index in [4.69, 9.17) is 5.73 Å². The summed E-state index contributed by atoms with van der Waals surface area (Å²) in [5, 5.41) is 0.752. The molecule has 1 aromatic carbocycles. The van der Waals surface area contributed by atoms with Crippen LogP contribution < -0.4 is 5.73 Å². The van der Waals surface area contributed by atoms with Crippen molar-refractivity contribution in [3.63, 3.8) is 0 Å². The number of halogens is 1. The van der Waals surface area contributed by atoms with Gasteiger partial charge in [0.05, 0.1) is 0 Å². The molecule has 3 nitrogen and oxygen atoms in total. The second-order valence-electron chi connectivity index (χ2n) is 5.72. The SMILES string of the molecule is CN(C)CCCN(C)Cc1c(CN)sc2cccc(F)c12. The molecule has 2 aromatic rings. The van der Waals surface area contributed by atoms with Gasteiger partial charge in [-0.05, 0) is 58.3 Å². The van der Waals surface area contributed by atoms with E-state index in [1.54, 1.807) is 17.4 Å². The molecule has 0 amide bonds. The first-order valence-electron chi connectivity index (χ1n) is 7.25. The molecule has 1 heterocycles. The van der Waals surface area contributed by atoms with Crippen molar-refractivity contribution < 1.29 is 4.39 Å². The maximum atomic E-state index is 14.1. The molecule has 116 valence electrons. The maximum absolute atomic E-state index is 14.1. The second kappa shape index (κ2) is 7.31. The third kappa shape index (κ3) is 4.01. The fourth-order valence-electron chi connectivity index (χ4n) is 2.55. The zero-order valence-corrected chi connectivity index (χ0v) is 13.8. The second-order valence-corrected chi connectivity index (χ2v) is 6.85. The number of hydrogen-bond donors (Lipinski definition) is 1. The van der Waals surface area contributed by atoms with Crippen molar-refractivity contribution in [1.29, 1.82) is 0 Å². The molecule has 0 radical (unpaired) electrons. The van der Waals surface area contributed by atoms with E-state index >= 15 is 0 Å². The summed E-state index contributed by atoms with van der Waals surface area (Å²) >= 11 is 1.61. The number of hydrogen-bond acceptors (Lipinski definition) is 4. The molecular weight excluding hydrogens is 285 g/mol. The standard InChI is InChI=1S/C16H24FN3S/c1-19(2)8-5-9-20(3)11-12-15(10-18)21-14-7-4-6-13(17)16(12)14/h4,6-7H,5,8-11,18H2,1-3H3. The summed E-state index contributed by atoms with van der Waals surface area (Å²) in [5.74, 6) is -0.139. The molecule has 21 heavy (non-hydrogen) atoms. The van der Waals surface area contributed by atoms with Crippen molar-refractivity contribution in [2.24, 2.45) is 5.73 Å². The average Bonchev–Trinajstić information content (AvgIpc) is 2.77. The summed E-state index contributed by atoms with van der Waals surface area (Å²) in [4.78, 5) is 5.52. The van der Waals surface area contributed by atoms with Crippen LogP contribution in [0.15, 0.2) is 18.2 Å². The summed E-state index contributed by atoms with van der Waals surface area (Å²) in [6.45, 7) is 3.28. The van der Waals surface area contributed by atoms with Crippen LogP contribution in [-0.2, 0) is 13.1 Å². The molecule has 0 aliphatic carbocycles. The van der Waals surface area contributed by atoms with E-state index < -0.39 is 0 Å². The third-order valence-electron chi connectivity index (χ3n) is 3.61. The lowest BCUT2D eigenvalue weighted by Crippen LogP contribution is -2.23. The minimum Gasteiger partial charge on any atom is -0.326 e. The van der Waals surface area contributed by atoms with Gasteiger partial charge < -0.3 is 15.5 Å². The van der Waals surface area contributed by atoms with Gasteiger partial charge in [0.2, 0.25) is 0 Å². The highest BCUT2D eigenvalue weighted by atomic mass is 32.1. The summed E-state index contributed by atoms with van der Waals surface area (Å²) in [5.41, 5.74) is 6.90. The van der Waals surface area contributed by atoms with Crippen LogP contribution in [0.25, 0.3) is 10.1 Å². The Morgan fingerprint density at radius 3 is 2.62 bits per heavy atom. The Balaban J connectivity index is 2.17. The van der Waals surface area contributed by atoms with Gasteiger partial charge >= 0.3 is 0 Å². The van der Waals surface area contributed by atoms with Crippen LogP contribution in [0.1, 0.15) is 16.9 Å². The quantitative estimate of drug-likeness (QED) is 0.853. The first-order chi connectivity index (χ1) is 10.0. The molecule has 0 aliphatic heterocycles. The van der Waals surface area contributed by atoms with Crippen molar-refractivity contribution in [3.8, 4) is 0 Å². The summed E-state index contributed by atoms with van der Waals surface area (Å²) in [6, 6.07) is 5.27. The van der Waals surface area contributed by atoms with Crippen LogP contribution in [0.2, 0.25) is 0 Å². The predicted octanol–water partition coefficient (Wildman–Crippen LogP) is 2.88. The fourth-order valence-corrected chi connectivity index (χ4v) is 3.66. The summed E-state index contributed by atoms with van der Waals surface area (Å²) < 4.78 is 15.1. The minimum absolute atomic E-state index is 0.139. The molecule has 5 heteroatoms. The van der Waals surface area contributed by atoms with Crippen molar-refractivity contribution in [2.45, 2.75) is 19.5 Å². The lowest BCUT2D eigenvalue weighted by molar-refractivity contribution is 0.295. The van der Waals surface area contributed by atoms with Crippen molar-refractivity contribution in [2.75, 3.05) is 34.2 Å². The van der Waals surface area contributed by atoms with E-state index in [1.165, 1.54) is 6.07 Å². The van der Waals surface area contributed by atoms with Gasteiger partial charge in [-0.1, -0.05) is 6.07 Å². The van der Waals surface area contributed by atoms with Crippen LogP contribution in [0.5, 0.6) is 0 Å². The van der Waals surface area contributed by atoms with Gasteiger partial charge in [0.25, 0.3) is 0 Å². The largest absolute Gasteiger partial charge is 0.326 e. The Labute approximate surface area is 130 Å². The molecule has 0 bridgehead atoms. The van der Waals surface area contributed by atoms with Crippen LogP contribution in [0.4, 0.5) is 4.39 Å². The van der Waals surface area contributed by atoms with Gasteiger partial charge in [0, 0.05) is 28.1 Å². The van der Waals surface area contributed by atoms with Crippen molar-refractivity contribution in [1.82, 2.24) is 9.80 Å². The van der Waals surface area contributed by atoms with Crippen LogP contribution >= 0.6 is 11.3 Å². The highest BCUT2D eigenvalue weighted by Gasteiger charge is 2.16. The molecular formula is C16H24FN3S. The minimum atomic E-state index is -0.139. The molecule has 0 fully saturated rings. The zero-order valence-electron chi connectivity index (χ0n) is 13.0. The van der Waals surface area contributed by atoms with Gasteiger partial charge in [0.1, 0.15) is 5.82 Å². The van der Waals surface area contributed by atoms with E-state index in [2.05, 4.69) is 30.9 Å². The Morgan fingerprint density at radius 2 is 1.95 bits per heavy atom. The maximum Gasteiger partial charge on any atom is 0.132 e.